The molecule has 0 spiro atoms. The van der Waals surface area contributed by atoms with Crippen molar-refractivity contribution in [3.63, 3.8) is 0 Å². The number of anilines is 1. The van der Waals surface area contributed by atoms with Gasteiger partial charge in [-0.1, -0.05) is 45.7 Å². The smallest absolute Gasteiger partial charge is 0.241 e. The highest BCUT2D eigenvalue weighted by molar-refractivity contribution is 5.94. The van der Waals surface area contributed by atoms with Crippen LogP contribution < -0.4 is 10.6 Å². The molecule has 1 aromatic carbocycles. The average molecular weight is 302 g/mol. The number of carbonyl (C=O) groups is 1. The van der Waals surface area contributed by atoms with Gasteiger partial charge in [-0.3, -0.25) is 4.79 Å². The van der Waals surface area contributed by atoms with E-state index in [2.05, 4.69) is 43.5 Å². The molecule has 0 aromatic heterocycles. The number of benzene rings is 1. The third-order valence-corrected chi connectivity index (χ3v) is 4.81. The molecular weight excluding hydrogens is 272 g/mol. The molecule has 1 fully saturated rings. The third kappa shape index (κ3) is 4.57. The summed E-state index contributed by atoms with van der Waals surface area (Å²) < 4.78 is 0. The van der Waals surface area contributed by atoms with Gasteiger partial charge in [-0.05, 0) is 49.3 Å². The van der Waals surface area contributed by atoms with Gasteiger partial charge in [0.15, 0.2) is 0 Å². The molecule has 0 radical (unpaired) electrons. The maximum absolute atomic E-state index is 12.3. The normalized spacial score (nSPS) is 23.3. The standard InChI is InChI=1S/C19H30N2O/c1-13(2)16-9-11-17(12-10-16)21-19(22)15(4)20-18-8-6-5-7-14(18)3/h9-15,18,20H,5-8H2,1-4H3,(H,21,22)/t14-,15-,18+/m0/s1. The Hall–Kier alpha value is -1.35. The van der Waals surface area contributed by atoms with Gasteiger partial charge in [0.25, 0.3) is 0 Å². The van der Waals surface area contributed by atoms with E-state index in [0.717, 1.165) is 5.69 Å². The van der Waals surface area contributed by atoms with E-state index in [1.807, 2.05) is 19.1 Å². The molecule has 22 heavy (non-hydrogen) atoms. The fraction of sp³-hybridized carbons (Fsp3) is 0.632. The molecule has 122 valence electrons. The number of hydrogen-bond donors (Lipinski definition) is 2. The van der Waals surface area contributed by atoms with Crippen molar-refractivity contribution in [3.05, 3.63) is 29.8 Å². The minimum absolute atomic E-state index is 0.0510. The minimum atomic E-state index is -0.157. The van der Waals surface area contributed by atoms with E-state index in [4.69, 9.17) is 0 Å². The van der Waals surface area contributed by atoms with E-state index in [1.165, 1.54) is 31.2 Å². The molecule has 2 N–H and O–H groups in total. The molecule has 3 nitrogen and oxygen atoms in total. The van der Waals surface area contributed by atoms with Crippen molar-refractivity contribution in [2.75, 3.05) is 5.32 Å². The molecule has 3 heteroatoms. The molecule has 0 heterocycles. The first-order chi connectivity index (χ1) is 10.5. The van der Waals surface area contributed by atoms with Gasteiger partial charge in [0, 0.05) is 11.7 Å². The molecule has 1 amide bonds. The zero-order valence-electron chi connectivity index (χ0n) is 14.4. The zero-order chi connectivity index (χ0) is 16.1. The molecular formula is C19H30N2O. The summed E-state index contributed by atoms with van der Waals surface area (Å²) in [5.41, 5.74) is 2.17. The average Bonchev–Trinajstić information content (AvgIpc) is 2.50. The summed E-state index contributed by atoms with van der Waals surface area (Å²) in [6.45, 7) is 8.58. The number of rotatable bonds is 5. The van der Waals surface area contributed by atoms with Crippen molar-refractivity contribution in [2.24, 2.45) is 5.92 Å². The molecule has 1 aliphatic rings. The minimum Gasteiger partial charge on any atom is -0.325 e. The second-order valence-corrected chi connectivity index (χ2v) is 7.02. The van der Waals surface area contributed by atoms with Crippen molar-refractivity contribution < 1.29 is 4.79 Å². The number of hydrogen-bond acceptors (Lipinski definition) is 2. The molecule has 1 saturated carbocycles. The van der Waals surface area contributed by atoms with E-state index in [-0.39, 0.29) is 11.9 Å². The lowest BCUT2D eigenvalue weighted by atomic mass is 9.85. The Kier molecular flexibility index (Phi) is 6.01. The first-order valence-corrected chi connectivity index (χ1v) is 8.64. The van der Waals surface area contributed by atoms with E-state index in [1.54, 1.807) is 0 Å². The summed E-state index contributed by atoms with van der Waals surface area (Å²) in [5, 5.41) is 6.52. The highest BCUT2D eigenvalue weighted by Gasteiger charge is 2.24. The van der Waals surface area contributed by atoms with Gasteiger partial charge >= 0.3 is 0 Å². The Morgan fingerprint density at radius 3 is 2.32 bits per heavy atom. The van der Waals surface area contributed by atoms with Crippen molar-refractivity contribution in [1.82, 2.24) is 5.32 Å². The number of carbonyl (C=O) groups excluding carboxylic acids is 1. The van der Waals surface area contributed by atoms with Gasteiger partial charge in [0.2, 0.25) is 5.91 Å². The van der Waals surface area contributed by atoms with Gasteiger partial charge in [-0.2, -0.15) is 0 Å². The van der Waals surface area contributed by atoms with E-state index >= 15 is 0 Å². The quantitative estimate of drug-likeness (QED) is 0.851. The third-order valence-electron chi connectivity index (χ3n) is 4.81. The van der Waals surface area contributed by atoms with Gasteiger partial charge in [-0.25, -0.2) is 0 Å². The van der Waals surface area contributed by atoms with Gasteiger partial charge < -0.3 is 10.6 Å². The summed E-state index contributed by atoms with van der Waals surface area (Å²) >= 11 is 0. The first kappa shape index (κ1) is 17.0. The van der Waals surface area contributed by atoms with Crippen LogP contribution in [0.15, 0.2) is 24.3 Å². The van der Waals surface area contributed by atoms with Crippen LogP contribution in [0.2, 0.25) is 0 Å². The summed E-state index contributed by atoms with van der Waals surface area (Å²) in [4.78, 5) is 12.3. The van der Waals surface area contributed by atoms with E-state index < -0.39 is 0 Å². The molecule has 0 bridgehead atoms. The maximum Gasteiger partial charge on any atom is 0.241 e. The Labute approximate surface area is 134 Å². The Morgan fingerprint density at radius 1 is 1.09 bits per heavy atom. The molecule has 3 atom stereocenters. The van der Waals surface area contributed by atoms with Crippen LogP contribution in [0.1, 0.15) is 64.9 Å². The lowest BCUT2D eigenvalue weighted by molar-refractivity contribution is -0.118. The Bertz CT molecular complexity index is 481. The van der Waals surface area contributed by atoms with Gasteiger partial charge in [-0.15, -0.1) is 0 Å². The van der Waals surface area contributed by atoms with Crippen LogP contribution in [0.25, 0.3) is 0 Å². The fourth-order valence-electron chi connectivity index (χ4n) is 3.16. The Balaban J connectivity index is 1.87. The summed E-state index contributed by atoms with van der Waals surface area (Å²) in [5.74, 6) is 1.22. The second-order valence-electron chi connectivity index (χ2n) is 7.02. The van der Waals surface area contributed by atoms with Crippen LogP contribution in [-0.4, -0.2) is 18.0 Å². The molecule has 0 aliphatic heterocycles. The van der Waals surface area contributed by atoms with Crippen LogP contribution in [0, 0.1) is 5.92 Å². The largest absolute Gasteiger partial charge is 0.325 e. The number of amides is 1. The summed E-state index contributed by atoms with van der Waals surface area (Å²) in [7, 11) is 0. The SMILES string of the molecule is CC(C)c1ccc(NC(=O)[C@H](C)N[C@@H]2CCCC[C@@H]2C)cc1. The van der Waals surface area contributed by atoms with Crippen molar-refractivity contribution in [1.29, 1.82) is 0 Å². The van der Waals surface area contributed by atoms with Crippen molar-refractivity contribution in [2.45, 2.75) is 71.4 Å². The second kappa shape index (κ2) is 7.77. The van der Waals surface area contributed by atoms with Crippen LogP contribution in [0.4, 0.5) is 5.69 Å². The molecule has 1 aliphatic carbocycles. The van der Waals surface area contributed by atoms with E-state index in [0.29, 0.717) is 17.9 Å². The molecule has 0 saturated heterocycles. The van der Waals surface area contributed by atoms with Crippen LogP contribution in [-0.2, 0) is 4.79 Å². The number of nitrogens with one attached hydrogen (secondary N) is 2. The van der Waals surface area contributed by atoms with Crippen molar-refractivity contribution in [3.8, 4) is 0 Å². The molecule has 2 rings (SSSR count). The predicted octanol–water partition coefficient (Wildman–Crippen LogP) is 4.31. The van der Waals surface area contributed by atoms with Crippen LogP contribution in [0.3, 0.4) is 0 Å². The highest BCUT2D eigenvalue weighted by Crippen LogP contribution is 2.24. The monoisotopic (exact) mass is 302 g/mol. The lowest BCUT2D eigenvalue weighted by Crippen LogP contribution is -2.47. The van der Waals surface area contributed by atoms with Gasteiger partial charge in [0.05, 0.1) is 6.04 Å². The lowest BCUT2D eigenvalue weighted by Gasteiger charge is -2.31. The zero-order valence-corrected chi connectivity index (χ0v) is 14.4. The predicted molar refractivity (Wildman–Crippen MR) is 93.2 cm³/mol. The van der Waals surface area contributed by atoms with E-state index in [9.17, 15) is 4.79 Å². The molecule has 1 aromatic rings. The maximum atomic E-state index is 12.3. The summed E-state index contributed by atoms with van der Waals surface area (Å²) in [6.07, 6.45) is 5.04. The first-order valence-electron chi connectivity index (χ1n) is 8.64. The van der Waals surface area contributed by atoms with Crippen LogP contribution >= 0.6 is 0 Å². The summed E-state index contributed by atoms with van der Waals surface area (Å²) in [6, 6.07) is 8.46. The van der Waals surface area contributed by atoms with Gasteiger partial charge in [0.1, 0.15) is 0 Å². The van der Waals surface area contributed by atoms with Crippen molar-refractivity contribution >= 4 is 11.6 Å². The Morgan fingerprint density at radius 2 is 1.73 bits per heavy atom. The highest BCUT2D eigenvalue weighted by atomic mass is 16.2. The molecule has 0 unspecified atom stereocenters. The van der Waals surface area contributed by atoms with Crippen LogP contribution in [0.5, 0.6) is 0 Å². The topological polar surface area (TPSA) is 41.1 Å². The fourth-order valence-corrected chi connectivity index (χ4v) is 3.16.